The van der Waals surface area contributed by atoms with Crippen LogP contribution in [0.1, 0.15) is 102 Å². The number of aromatic nitrogens is 2. The van der Waals surface area contributed by atoms with Crippen LogP contribution in [0.5, 0.6) is 0 Å². The van der Waals surface area contributed by atoms with E-state index in [1.165, 1.54) is 39.2 Å². The van der Waals surface area contributed by atoms with Gasteiger partial charge in [-0.05, 0) is 62.3 Å². The normalized spacial score (nSPS) is 12.6. The minimum absolute atomic E-state index is 0.238. The van der Waals surface area contributed by atoms with Gasteiger partial charge in [0.05, 0.1) is 19.4 Å². The lowest BCUT2D eigenvalue weighted by Crippen LogP contribution is -2.04. The maximum absolute atomic E-state index is 11.4. The van der Waals surface area contributed by atoms with Gasteiger partial charge in [0.2, 0.25) is 0 Å². The molecule has 0 bridgehead atoms. The van der Waals surface area contributed by atoms with Crippen LogP contribution in [0.25, 0.3) is 17.2 Å². The van der Waals surface area contributed by atoms with Gasteiger partial charge in [0.15, 0.2) is 0 Å². The van der Waals surface area contributed by atoms with Crippen LogP contribution < -0.4 is 0 Å². The molecule has 0 fully saturated rings. The number of nitrogens with zero attached hydrogens (tertiary/aromatic N) is 2. The van der Waals surface area contributed by atoms with Crippen molar-refractivity contribution in [1.29, 1.82) is 0 Å². The van der Waals surface area contributed by atoms with Gasteiger partial charge in [-0.1, -0.05) is 56.9 Å². The maximum Gasteiger partial charge on any atom is 0.305 e. The minimum atomic E-state index is -0.615. The molecule has 5 heteroatoms. The second-order valence-corrected chi connectivity index (χ2v) is 8.74. The Kier molecular flexibility index (Phi) is 11.2. The van der Waals surface area contributed by atoms with E-state index in [0.717, 1.165) is 28.7 Å². The largest absolute Gasteiger partial charge is 0.469 e. The van der Waals surface area contributed by atoms with E-state index >= 15 is 0 Å². The lowest BCUT2D eigenvalue weighted by Gasteiger charge is -2.15. The summed E-state index contributed by atoms with van der Waals surface area (Å²) in [6.45, 7) is 6.45. The Balaban J connectivity index is 2.16. The van der Waals surface area contributed by atoms with Gasteiger partial charge in [0, 0.05) is 24.2 Å². The number of allylic oxidation sites excluding steroid dienone is 1. The average molecular weight is 441 g/mol. The number of carbonyl (C=O) groups excluding carboxylic acids is 1. The first-order valence-electron chi connectivity index (χ1n) is 12.1. The quantitative estimate of drug-likeness (QED) is 0.257. The monoisotopic (exact) mass is 440 g/mol. The summed E-state index contributed by atoms with van der Waals surface area (Å²) in [4.78, 5) is 11.4. The van der Waals surface area contributed by atoms with E-state index in [0.29, 0.717) is 25.3 Å². The van der Waals surface area contributed by atoms with Crippen molar-refractivity contribution in [2.45, 2.75) is 90.7 Å². The van der Waals surface area contributed by atoms with E-state index in [1.54, 1.807) is 0 Å². The van der Waals surface area contributed by atoms with Crippen molar-refractivity contribution in [3.63, 3.8) is 0 Å². The van der Waals surface area contributed by atoms with Crippen molar-refractivity contribution in [2.75, 3.05) is 7.11 Å². The van der Waals surface area contributed by atoms with Crippen molar-refractivity contribution in [1.82, 2.24) is 9.78 Å². The molecular formula is C27H40N2O3. The number of esters is 1. The van der Waals surface area contributed by atoms with Crippen LogP contribution in [0.3, 0.4) is 0 Å². The third-order valence-electron chi connectivity index (χ3n) is 5.77. The summed E-state index contributed by atoms with van der Waals surface area (Å²) < 4.78 is 6.66. The van der Waals surface area contributed by atoms with Crippen LogP contribution >= 0.6 is 0 Å². The Bertz CT molecular complexity index is 854. The van der Waals surface area contributed by atoms with E-state index < -0.39 is 6.10 Å². The van der Waals surface area contributed by atoms with Gasteiger partial charge in [0.1, 0.15) is 0 Å². The fourth-order valence-corrected chi connectivity index (χ4v) is 3.74. The van der Waals surface area contributed by atoms with E-state index in [-0.39, 0.29) is 5.97 Å². The molecule has 0 spiro atoms. The second kappa shape index (κ2) is 13.9. The molecule has 1 N–H and O–H groups in total. The molecule has 0 aliphatic carbocycles. The van der Waals surface area contributed by atoms with Gasteiger partial charge in [-0.3, -0.25) is 9.48 Å². The minimum Gasteiger partial charge on any atom is -0.469 e. The number of aliphatic hydroxyl groups excluding tert-OH is 1. The molecule has 0 aliphatic rings. The summed E-state index contributed by atoms with van der Waals surface area (Å²) in [5, 5.41) is 15.3. The number of aliphatic hydroxyl groups is 1. The lowest BCUT2D eigenvalue weighted by molar-refractivity contribution is -0.140. The van der Waals surface area contributed by atoms with Crippen LogP contribution in [0.4, 0.5) is 0 Å². The van der Waals surface area contributed by atoms with Crippen molar-refractivity contribution in [2.24, 2.45) is 0 Å². The smallest absolute Gasteiger partial charge is 0.305 e. The third kappa shape index (κ3) is 8.27. The van der Waals surface area contributed by atoms with Gasteiger partial charge in [0.25, 0.3) is 0 Å². The fraction of sp³-hybridized carbons (Fsp3) is 0.556. The Morgan fingerprint density at radius 3 is 2.62 bits per heavy atom. The van der Waals surface area contributed by atoms with Gasteiger partial charge in [-0.25, -0.2) is 0 Å². The number of unbranched alkanes of at least 4 members (excludes halogenated alkanes) is 5. The number of benzene rings is 1. The summed E-state index contributed by atoms with van der Waals surface area (Å²) >= 11 is 0. The molecule has 1 aromatic carbocycles. The first kappa shape index (κ1) is 25.9. The van der Waals surface area contributed by atoms with E-state index in [2.05, 4.69) is 50.3 Å². The second-order valence-electron chi connectivity index (χ2n) is 8.74. The molecule has 1 unspecified atom stereocenters. The molecule has 5 nitrogen and oxygen atoms in total. The SMILES string of the molecule is CCCCCCC/C=C/c1cc(-c2cnn(C(C)C)c2)ccc1C(O)CCCC(=O)OC. The summed E-state index contributed by atoms with van der Waals surface area (Å²) in [6, 6.07) is 6.49. The highest BCUT2D eigenvalue weighted by molar-refractivity contribution is 5.69. The predicted octanol–water partition coefficient (Wildman–Crippen LogP) is 6.88. The molecule has 2 aromatic rings. The zero-order valence-electron chi connectivity index (χ0n) is 20.2. The number of carbonyl (C=O) groups is 1. The number of rotatable bonds is 14. The fourth-order valence-electron chi connectivity index (χ4n) is 3.74. The average Bonchev–Trinajstić information content (AvgIpc) is 3.29. The number of hydrogen-bond donors (Lipinski definition) is 1. The topological polar surface area (TPSA) is 64.3 Å². The van der Waals surface area contributed by atoms with Gasteiger partial charge in [-0.2, -0.15) is 5.10 Å². The molecule has 1 heterocycles. The number of hydrogen-bond acceptors (Lipinski definition) is 4. The number of methoxy groups -OCH3 is 1. The Labute approximate surface area is 193 Å². The maximum atomic E-state index is 11.4. The summed E-state index contributed by atoms with van der Waals surface area (Å²) in [6.07, 6.45) is 16.5. The molecule has 1 aromatic heterocycles. The summed E-state index contributed by atoms with van der Waals surface area (Å²) in [7, 11) is 1.39. The van der Waals surface area contributed by atoms with Gasteiger partial charge in [-0.15, -0.1) is 0 Å². The van der Waals surface area contributed by atoms with Crippen LogP contribution in [-0.2, 0) is 9.53 Å². The Hall–Kier alpha value is -2.40. The third-order valence-corrected chi connectivity index (χ3v) is 5.77. The zero-order chi connectivity index (χ0) is 23.3. The van der Waals surface area contributed by atoms with Crippen LogP contribution in [0.2, 0.25) is 0 Å². The first-order chi connectivity index (χ1) is 15.5. The van der Waals surface area contributed by atoms with Crippen molar-refractivity contribution in [3.8, 4) is 11.1 Å². The van der Waals surface area contributed by atoms with Crippen LogP contribution in [0, 0.1) is 0 Å². The van der Waals surface area contributed by atoms with Crippen molar-refractivity contribution < 1.29 is 14.6 Å². The number of ether oxygens (including phenoxy) is 1. The standard InChI is InChI=1S/C27H40N2O3/c1-5-6-7-8-9-10-11-13-23-18-22(24-19-28-29(20-24)21(2)3)16-17-25(23)26(30)14-12-15-27(31)32-4/h11,13,16-21,26,30H,5-10,12,14-15H2,1-4H3/b13-11+. The van der Waals surface area contributed by atoms with Crippen LogP contribution in [0.15, 0.2) is 36.7 Å². The van der Waals surface area contributed by atoms with Crippen molar-refractivity contribution in [3.05, 3.63) is 47.8 Å². The van der Waals surface area contributed by atoms with Crippen molar-refractivity contribution >= 4 is 12.0 Å². The van der Waals surface area contributed by atoms with E-state index in [4.69, 9.17) is 4.74 Å². The highest BCUT2D eigenvalue weighted by Crippen LogP contribution is 2.29. The molecular weight excluding hydrogens is 400 g/mol. The molecule has 0 saturated heterocycles. The molecule has 0 saturated carbocycles. The lowest BCUT2D eigenvalue weighted by atomic mass is 9.94. The molecule has 0 aliphatic heterocycles. The summed E-state index contributed by atoms with van der Waals surface area (Å²) in [5.41, 5.74) is 4.08. The van der Waals surface area contributed by atoms with E-state index in [9.17, 15) is 9.90 Å². The van der Waals surface area contributed by atoms with Gasteiger partial charge < -0.3 is 9.84 Å². The highest BCUT2D eigenvalue weighted by atomic mass is 16.5. The molecule has 2 rings (SSSR count). The first-order valence-corrected chi connectivity index (χ1v) is 12.1. The highest BCUT2D eigenvalue weighted by Gasteiger charge is 2.14. The van der Waals surface area contributed by atoms with E-state index in [1.807, 2.05) is 23.0 Å². The summed E-state index contributed by atoms with van der Waals surface area (Å²) in [5.74, 6) is -0.238. The Morgan fingerprint density at radius 1 is 1.16 bits per heavy atom. The predicted molar refractivity (Wildman–Crippen MR) is 131 cm³/mol. The molecule has 0 radical (unpaired) electrons. The Morgan fingerprint density at radius 2 is 1.94 bits per heavy atom. The zero-order valence-corrected chi connectivity index (χ0v) is 20.2. The molecule has 0 amide bonds. The van der Waals surface area contributed by atoms with Crippen LogP contribution in [-0.4, -0.2) is 28.0 Å². The molecule has 176 valence electrons. The molecule has 32 heavy (non-hydrogen) atoms. The van der Waals surface area contributed by atoms with Gasteiger partial charge >= 0.3 is 5.97 Å². The molecule has 1 atom stereocenters.